The van der Waals surface area contributed by atoms with E-state index in [9.17, 15) is 22.0 Å². The number of hydrogen-bond acceptors (Lipinski definition) is 2. The Bertz CT molecular complexity index is 448. The van der Waals surface area contributed by atoms with Crippen LogP contribution in [0.3, 0.4) is 0 Å². The Morgan fingerprint density at radius 2 is 1.71 bits per heavy atom. The van der Waals surface area contributed by atoms with Crippen molar-refractivity contribution < 1.29 is 26.8 Å². The van der Waals surface area contributed by atoms with Crippen LogP contribution >= 0.6 is 0 Å². The number of alkyl halides is 3. The van der Waals surface area contributed by atoms with Crippen LogP contribution in [0.1, 0.15) is 12.0 Å². The van der Waals surface area contributed by atoms with E-state index in [0.29, 0.717) is 6.07 Å². The van der Waals surface area contributed by atoms with E-state index in [2.05, 4.69) is 9.99 Å². The second kappa shape index (κ2) is 3.97. The molecule has 0 saturated heterocycles. The van der Waals surface area contributed by atoms with Crippen molar-refractivity contribution >= 4 is 5.71 Å². The van der Waals surface area contributed by atoms with Crippen molar-refractivity contribution in [3.8, 4) is 0 Å². The molecule has 1 unspecified atom stereocenters. The van der Waals surface area contributed by atoms with Gasteiger partial charge in [0.1, 0.15) is 11.6 Å². The number of oxime groups is 1. The summed E-state index contributed by atoms with van der Waals surface area (Å²) >= 11 is 0. The second-order valence-corrected chi connectivity index (χ2v) is 3.54. The fraction of sp³-hybridized carbons (Fsp3) is 0.300. The molecule has 1 atom stereocenters. The molecule has 1 heterocycles. The molecule has 7 heteroatoms. The van der Waals surface area contributed by atoms with Crippen LogP contribution in [-0.4, -0.2) is 18.0 Å². The first-order valence-corrected chi connectivity index (χ1v) is 4.62. The van der Waals surface area contributed by atoms with Crippen LogP contribution in [0.4, 0.5) is 22.0 Å². The van der Waals surface area contributed by atoms with Gasteiger partial charge >= 0.3 is 6.18 Å². The molecule has 1 aliphatic rings. The van der Waals surface area contributed by atoms with Gasteiger partial charge in [0.05, 0.1) is 5.71 Å². The van der Waals surface area contributed by atoms with Crippen LogP contribution in [0.5, 0.6) is 0 Å². The normalized spacial score (nSPS) is 20.1. The van der Waals surface area contributed by atoms with Crippen molar-refractivity contribution in [2.45, 2.75) is 18.7 Å². The SMILES string of the molecule is Fc1cc(F)cc(C2=NOC(C(F)(F)F)C2)c1. The summed E-state index contributed by atoms with van der Waals surface area (Å²) in [5.74, 6) is -1.75. The van der Waals surface area contributed by atoms with Gasteiger partial charge in [0.25, 0.3) is 0 Å². The van der Waals surface area contributed by atoms with Crippen molar-refractivity contribution in [1.29, 1.82) is 0 Å². The third-order valence-corrected chi connectivity index (χ3v) is 2.23. The molecule has 1 aromatic carbocycles. The maximum Gasteiger partial charge on any atom is 0.428 e. The molecule has 0 fully saturated rings. The Kier molecular flexibility index (Phi) is 2.76. The molecule has 92 valence electrons. The van der Waals surface area contributed by atoms with E-state index in [0.717, 1.165) is 12.1 Å². The minimum Gasteiger partial charge on any atom is -0.382 e. The van der Waals surface area contributed by atoms with E-state index in [4.69, 9.17) is 0 Å². The molecular weight excluding hydrogens is 245 g/mol. The van der Waals surface area contributed by atoms with Crippen LogP contribution in [0.2, 0.25) is 0 Å². The number of hydrogen-bond donors (Lipinski definition) is 0. The first-order chi connectivity index (χ1) is 7.86. The van der Waals surface area contributed by atoms with Gasteiger partial charge < -0.3 is 4.84 Å². The van der Waals surface area contributed by atoms with Crippen LogP contribution in [0.15, 0.2) is 23.4 Å². The minimum absolute atomic E-state index is 0.0470. The maximum atomic E-state index is 12.9. The Morgan fingerprint density at radius 1 is 1.12 bits per heavy atom. The molecule has 0 bridgehead atoms. The molecule has 2 rings (SSSR count). The summed E-state index contributed by atoms with van der Waals surface area (Å²) in [6.07, 6.45) is -7.15. The fourth-order valence-electron chi connectivity index (χ4n) is 1.44. The third kappa shape index (κ3) is 2.54. The van der Waals surface area contributed by atoms with Crippen LogP contribution < -0.4 is 0 Å². The first-order valence-electron chi connectivity index (χ1n) is 4.62. The molecule has 0 aliphatic carbocycles. The highest BCUT2D eigenvalue weighted by Crippen LogP contribution is 2.30. The quantitative estimate of drug-likeness (QED) is 0.703. The largest absolute Gasteiger partial charge is 0.428 e. The zero-order valence-electron chi connectivity index (χ0n) is 8.26. The Morgan fingerprint density at radius 3 is 2.18 bits per heavy atom. The van der Waals surface area contributed by atoms with Crippen molar-refractivity contribution in [1.82, 2.24) is 0 Å². The Hall–Kier alpha value is -1.66. The van der Waals surface area contributed by atoms with E-state index in [-0.39, 0.29) is 11.3 Å². The first kappa shape index (κ1) is 11.8. The van der Waals surface area contributed by atoms with Gasteiger partial charge in [-0.3, -0.25) is 0 Å². The van der Waals surface area contributed by atoms with Gasteiger partial charge in [0.2, 0.25) is 6.10 Å². The predicted molar refractivity (Wildman–Crippen MR) is 48.4 cm³/mol. The minimum atomic E-state index is -4.54. The highest BCUT2D eigenvalue weighted by Gasteiger charge is 2.45. The lowest BCUT2D eigenvalue weighted by Crippen LogP contribution is -2.28. The molecule has 0 N–H and O–H groups in total. The van der Waals surface area contributed by atoms with Gasteiger partial charge in [-0.2, -0.15) is 13.2 Å². The Balaban J connectivity index is 2.21. The average Bonchev–Trinajstić information content (AvgIpc) is 2.63. The summed E-state index contributed by atoms with van der Waals surface area (Å²) in [6, 6.07) is 2.44. The van der Waals surface area contributed by atoms with Gasteiger partial charge in [-0.25, -0.2) is 8.78 Å². The molecule has 0 saturated carbocycles. The van der Waals surface area contributed by atoms with Gasteiger partial charge in [0, 0.05) is 18.1 Å². The summed E-state index contributed by atoms with van der Waals surface area (Å²) in [7, 11) is 0. The zero-order valence-corrected chi connectivity index (χ0v) is 8.26. The van der Waals surface area contributed by atoms with Crippen LogP contribution in [0, 0.1) is 11.6 Å². The molecular formula is C10H6F5NO. The van der Waals surface area contributed by atoms with Crippen molar-refractivity contribution in [2.75, 3.05) is 0 Å². The van der Waals surface area contributed by atoms with E-state index < -0.39 is 30.3 Å². The van der Waals surface area contributed by atoms with Crippen molar-refractivity contribution in [3.63, 3.8) is 0 Å². The summed E-state index contributed by atoms with van der Waals surface area (Å²) in [5, 5.41) is 3.20. The molecule has 2 nitrogen and oxygen atoms in total. The lowest BCUT2D eigenvalue weighted by molar-refractivity contribution is -0.212. The van der Waals surface area contributed by atoms with E-state index in [1.165, 1.54) is 0 Å². The smallest absolute Gasteiger partial charge is 0.382 e. The zero-order chi connectivity index (χ0) is 12.6. The number of halogens is 5. The summed E-state index contributed by atoms with van der Waals surface area (Å²) in [5.41, 5.74) is -0.167. The highest BCUT2D eigenvalue weighted by molar-refractivity contribution is 6.01. The average molecular weight is 251 g/mol. The summed E-state index contributed by atoms with van der Waals surface area (Å²) in [6.45, 7) is 0. The molecule has 0 radical (unpaired) electrons. The third-order valence-electron chi connectivity index (χ3n) is 2.23. The summed E-state index contributed by atoms with van der Waals surface area (Å²) < 4.78 is 62.5. The van der Waals surface area contributed by atoms with Crippen LogP contribution in [-0.2, 0) is 4.84 Å². The Labute approximate surface area is 92.7 Å². The van der Waals surface area contributed by atoms with E-state index >= 15 is 0 Å². The molecule has 17 heavy (non-hydrogen) atoms. The number of benzene rings is 1. The topological polar surface area (TPSA) is 21.6 Å². The molecule has 1 aromatic rings. The monoisotopic (exact) mass is 251 g/mol. The summed E-state index contributed by atoms with van der Waals surface area (Å²) in [4.78, 5) is 4.18. The van der Waals surface area contributed by atoms with E-state index in [1.54, 1.807) is 0 Å². The fourth-order valence-corrected chi connectivity index (χ4v) is 1.44. The molecule has 0 aromatic heterocycles. The van der Waals surface area contributed by atoms with Crippen LogP contribution in [0.25, 0.3) is 0 Å². The lowest BCUT2D eigenvalue weighted by atomic mass is 10.0. The maximum absolute atomic E-state index is 12.9. The van der Waals surface area contributed by atoms with Gasteiger partial charge in [-0.05, 0) is 12.1 Å². The highest BCUT2D eigenvalue weighted by atomic mass is 19.4. The van der Waals surface area contributed by atoms with Gasteiger partial charge in [0.15, 0.2) is 0 Å². The lowest BCUT2D eigenvalue weighted by Gasteiger charge is -2.11. The van der Waals surface area contributed by atoms with Crippen molar-refractivity contribution in [2.24, 2.45) is 5.16 Å². The van der Waals surface area contributed by atoms with E-state index in [1.807, 2.05) is 0 Å². The number of nitrogens with zero attached hydrogens (tertiary/aromatic N) is 1. The predicted octanol–water partition coefficient (Wildman–Crippen LogP) is 3.02. The standard InChI is InChI=1S/C10H6F5NO/c11-6-1-5(2-7(12)3-6)8-4-9(17-16-8)10(13,14)15/h1-3,9H,4H2. The number of rotatable bonds is 1. The van der Waals surface area contributed by atoms with Gasteiger partial charge in [-0.15, -0.1) is 0 Å². The molecule has 0 spiro atoms. The molecule has 1 aliphatic heterocycles. The van der Waals surface area contributed by atoms with Crippen molar-refractivity contribution in [3.05, 3.63) is 35.4 Å². The molecule has 0 amide bonds. The second-order valence-electron chi connectivity index (χ2n) is 3.54. The van der Waals surface area contributed by atoms with Gasteiger partial charge in [-0.1, -0.05) is 5.16 Å².